The van der Waals surface area contributed by atoms with E-state index in [1.165, 1.54) is 29.6 Å². The number of halogens is 3. The number of hydrogen-bond donors (Lipinski definition) is 3. The average molecular weight is 538 g/mol. The van der Waals surface area contributed by atoms with Gasteiger partial charge in [-0.2, -0.15) is 13.2 Å². The van der Waals surface area contributed by atoms with E-state index in [0.29, 0.717) is 11.4 Å². The van der Waals surface area contributed by atoms with Crippen molar-refractivity contribution in [3.63, 3.8) is 0 Å². The molecule has 0 spiro atoms. The minimum Gasteiger partial charge on any atom is -0.465 e. The van der Waals surface area contributed by atoms with Crippen molar-refractivity contribution in [2.24, 2.45) is 5.73 Å². The molecule has 4 aromatic rings. The number of aryl methyl sites for hydroxylation is 1. The molecule has 2 amide bonds. The number of alkyl halides is 3. The van der Waals surface area contributed by atoms with E-state index < -0.39 is 24.2 Å². The SMILES string of the molecule is Cc1nc(C(N)=O)nn1-c1ccc(C(C)(C)c2ccc(-c3ccc(C(NC(=O)O)C(F)(F)F)cc3)cc2)cc1. The first-order chi connectivity index (χ1) is 18.3. The molecule has 0 aliphatic rings. The molecular weight excluding hydrogens is 511 g/mol. The van der Waals surface area contributed by atoms with Gasteiger partial charge in [0.05, 0.1) is 5.69 Å². The Morgan fingerprint density at radius 1 is 0.897 bits per heavy atom. The largest absolute Gasteiger partial charge is 0.465 e. The van der Waals surface area contributed by atoms with Crippen LogP contribution in [0.1, 0.15) is 53.0 Å². The van der Waals surface area contributed by atoms with Gasteiger partial charge in [-0.05, 0) is 46.9 Å². The van der Waals surface area contributed by atoms with Gasteiger partial charge < -0.3 is 16.2 Å². The first kappa shape index (κ1) is 27.4. The fraction of sp³-hybridized carbons (Fsp3) is 0.214. The number of carbonyl (C=O) groups excluding carboxylic acids is 1. The number of carboxylic acid groups (broad SMARTS) is 1. The molecule has 11 heteroatoms. The van der Waals surface area contributed by atoms with Gasteiger partial charge in [0.1, 0.15) is 5.82 Å². The van der Waals surface area contributed by atoms with Crippen molar-refractivity contribution in [1.29, 1.82) is 0 Å². The Labute approximate surface area is 222 Å². The molecule has 4 rings (SSSR count). The lowest BCUT2D eigenvalue weighted by molar-refractivity contribution is -0.155. The van der Waals surface area contributed by atoms with E-state index in [9.17, 15) is 22.8 Å². The number of nitrogens with zero attached hydrogens (tertiary/aromatic N) is 3. The smallest absolute Gasteiger partial charge is 0.412 e. The number of nitrogens with one attached hydrogen (secondary N) is 1. The molecule has 1 heterocycles. The molecule has 1 unspecified atom stereocenters. The van der Waals surface area contributed by atoms with Crippen molar-refractivity contribution in [1.82, 2.24) is 20.1 Å². The van der Waals surface area contributed by atoms with Crippen LogP contribution in [-0.4, -0.2) is 38.0 Å². The van der Waals surface area contributed by atoms with Gasteiger partial charge in [-0.15, -0.1) is 5.10 Å². The number of primary amides is 1. The molecule has 3 aromatic carbocycles. The van der Waals surface area contributed by atoms with E-state index in [1.807, 2.05) is 48.5 Å². The molecular formula is C28H26F3N5O3. The van der Waals surface area contributed by atoms with E-state index in [2.05, 4.69) is 23.9 Å². The third-order valence-electron chi connectivity index (χ3n) is 6.60. The van der Waals surface area contributed by atoms with Crippen LogP contribution < -0.4 is 11.1 Å². The zero-order valence-electron chi connectivity index (χ0n) is 21.3. The number of hydrogen-bond acceptors (Lipinski definition) is 4. The Kier molecular flexibility index (Phi) is 7.18. The standard InChI is InChI=1S/C28H26F3N5O3/c1-16-33-25(24(32)37)35-36(16)22-14-12-21(13-15-22)27(2,3)20-10-8-18(9-11-20)17-4-6-19(7-5-17)23(28(29,30)31)34-26(38)39/h4-15,23,34H,1-3H3,(H2,32,37)(H,38,39). The lowest BCUT2D eigenvalue weighted by atomic mass is 9.78. The van der Waals surface area contributed by atoms with Gasteiger partial charge in [0.25, 0.3) is 5.91 Å². The van der Waals surface area contributed by atoms with E-state index in [0.717, 1.165) is 22.4 Å². The number of carbonyl (C=O) groups is 2. The van der Waals surface area contributed by atoms with E-state index in [1.54, 1.807) is 11.6 Å². The summed E-state index contributed by atoms with van der Waals surface area (Å²) in [6.45, 7) is 5.88. The van der Waals surface area contributed by atoms with Crippen molar-refractivity contribution >= 4 is 12.0 Å². The lowest BCUT2D eigenvalue weighted by Crippen LogP contribution is -2.37. The minimum atomic E-state index is -4.76. The minimum absolute atomic E-state index is 0.0521. The number of amides is 2. The molecule has 39 heavy (non-hydrogen) atoms. The van der Waals surface area contributed by atoms with E-state index >= 15 is 0 Å². The van der Waals surface area contributed by atoms with Gasteiger partial charge >= 0.3 is 12.3 Å². The van der Waals surface area contributed by atoms with Crippen molar-refractivity contribution in [3.05, 3.63) is 101 Å². The summed E-state index contributed by atoms with van der Waals surface area (Å²) >= 11 is 0. The van der Waals surface area contributed by atoms with Gasteiger partial charge in [-0.3, -0.25) is 4.79 Å². The highest BCUT2D eigenvalue weighted by Gasteiger charge is 2.42. The average Bonchev–Trinajstić information content (AvgIpc) is 3.29. The van der Waals surface area contributed by atoms with Crippen LogP contribution in [0.5, 0.6) is 0 Å². The first-order valence-corrected chi connectivity index (χ1v) is 11.9. The van der Waals surface area contributed by atoms with Crippen LogP contribution in [0.3, 0.4) is 0 Å². The van der Waals surface area contributed by atoms with Crippen LogP contribution in [-0.2, 0) is 5.41 Å². The van der Waals surface area contributed by atoms with Gasteiger partial charge in [-0.25, -0.2) is 14.5 Å². The van der Waals surface area contributed by atoms with Crippen LogP contribution in [0.2, 0.25) is 0 Å². The lowest BCUT2D eigenvalue weighted by Gasteiger charge is -2.26. The van der Waals surface area contributed by atoms with Crippen LogP contribution in [0, 0.1) is 6.92 Å². The third-order valence-corrected chi connectivity index (χ3v) is 6.60. The second kappa shape index (κ2) is 10.2. The van der Waals surface area contributed by atoms with Crippen molar-refractivity contribution in [2.75, 3.05) is 0 Å². The number of nitrogens with two attached hydrogens (primary N) is 1. The molecule has 202 valence electrons. The molecule has 1 atom stereocenters. The van der Waals surface area contributed by atoms with Crippen molar-refractivity contribution < 1.29 is 27.9 Å². The summed E-state index contributed by atoms with van der Waals surface area (Å²) in [7, 11) is 0. The van der Waals surface area contributed by atoms with Crippen LogP contribution in [0.25, 0.3) is 16.8 Å². The van der Waals surface area contributed by atoms with Crippen molar-refractivity contribution in [3.8, 4) is 16.8 Å². The maximum absolute atomic E-state index is 13.3. The second-order valence-electron chi connectivity index (χ2n) is 9.55. The van der Waals surface area contributed by atoms with Gasteiger partial charge in [0.15, 0.2) is 6.04 Å². The van der Waals surface area contributed by atoms with Gasteiger partial charge in [0, 0.05) is 5.41 Å². The molecule has 0 saturated carbocycles. The molecule has 4 N–H and O–H groups in total. The summed E-state index contributed by atoms with van der Waals surface area (Å²) in [5.41, 5.74) is 8.99. The Balaban J connectivity index is 1.54. The number of aromatic nitrogens is 3. The first-order valence-electron chi connectivity index (χ1n) is 11.9. The number of rotatable bonds is 7. The monoisotopic (exact) mass is 537 g/mol. The highest BCUT2D eigenvalue weighted by atomic mass is 19.4. The molecule has 0 aliphatic heterocycles. The Hall–Kier alpha value is -4.67. The molecule has 0 radical (unpaired) electrons. The van der Waals surface area contributed by atoms with Crippen molar-refractivity contribution in [2.45, 2.75) is 38.4 Å². The molecule has 0 saturated heterocycles. The Morgan fingerprint density at radius 3 is 1.82 bits per heavy atom. The molecule has 0 aliphatic carbocycles. The second-order valence-corrected chi connectivity index (χ2v) is 9.55. The normalized spacial score (nSPS) is 12.7. The number of benzene rings is 3. The zero-order valence-corrected chi connectivity index (χ0v) is 21.3. The topological polar surface area (TPSA) is 123 Å². The highest BCUT2D eigenvalue weighted by Crippen LogP contribution is 2.35. The fourth-order valence-corrected chi connectivity index (χ4v) is 4.35. The molecule has 1 aromatic heterocycles. The molecule has 0 fully saturated rings. The summed E-state index contributed by atoms with van der Waals surface area (Å²) in [6.07, 6.45) is -6.51. The fourth-order valence-electron chi connectivity index (χ4n) is 4.35. The van der Waals surface area contributed by atoms with E-state index in [4.69, 9.17) is 10.8 Å². The molecule has 0 bridgehead atoms. The highest BCUT2D eigenvalue weighted by molar-refractivity contribution is 5.88. The Bertz CT molecular complexity index is 1490. The predicted molar refractivity (Wildman–Crippen MR) is 139 cm³/mol. The maximum atomic E-state index is 13.3. The summed E-state index contributed by atoms with van der Waals surface area (Å²) in [5.74, 6) is -0.218. The summed E-state index contributed by atoms with van der Waals surface area (Å²) in [5, 5.41) is 14.5. The van der Waals surface area contributed by atoms with E-state index in [-0.39, 0.29) is 16.8 Å². The summed E-state index contributed by atoms with van der Waals surface area (Å²) in [4.78, 5) is 26.3. The molecule has 8 nitrogen and oxygen atoms in total. The van der Waals surface area contributed by atoms with Crippen LogP contribution in [0.15, 0.2) is 72.8 Å². The summed E-state index contributed by atoms with van der Waals surface area (Å²) < 4.78 is 41.4. The maximum Gasteiger partial charge on any atom is 0.412 e. The van der Waals surface area contributed by atoms with Crippen LogP contribution >= 0.6 is 0 Å². The Morgan fingerprint density at radius 2 is 1.38 bits per heavy atom. The quantitative estimate of drug-likeness (QED) is 0.286. The van der Waals surface area contributed by atoms with Gasteiger partial charge in [0.2, 0.25) is 5.82 Å². The zero-order chi connectivity index (χ0) is 28.5. The van der Waals surface area contributed by atoms with Crippen LogP contribution in [0.4, 0.5) is 18.0 Å². The third kappa shape index (κ3) is 5.77. The summed E-state index contributed by atoms with van der Waals surface area (Å²) in [6, 6.07) is 18.7. The predicted octanol–water partition coefficient (Wildman–Crippen LogP) is 5.54. The van der Waals surface area contributed by atoms with Gasteiger partial charge in [-0.1, -0.05) is 74.5 Å².